The Hall–Kier alpha value is -4.39. The first kappa shape index (κ1) is 43.7. The van der Waals surface area contributed by atoms with Crippen LogP contribution in [0.4, 0.5) is 4.79 Å². The molecule has 2 N–H and O–H groups in total. The lowest BCUT2D eigenvalue weighted by molar-refractivity contribution is -0.254. The minimum atomic E-state index is -1.40. The Balaban J connectivity index is 1.37. The van der Waals surface area contributed by atoms with Crippen LogP contribution in [0.1, 0.15) is 75.7 Å². The summed E-state index contributed by atoms with van der Waals surface area (Å²) in [7, 11) is 1.70. The number of hydrogen-bond donors (Lipinski definition) is 2. The van der Waals surface area contributed by atoms with Gasteiger partial charge in [0.15, 0.2) is 0 Å². The Bertz CT molecular complexity index is 1940. The molecule has 3 aromatic carbocycles. The highest BCUT2D eigenvalue weighted by atomic mass is 35.5. The van der Waals surface area contributed by atoms with Crippen molar-refractivity contribution in [2.45, 2.75) is 88.2 Å². The number of fused-ring (bicyclic) bond motifs is 2. The van der Waals surface area contributed by atoms with Gasteiger partial charge in [-0.1, -0.05) is 72.6 Å². The Kier molecular flexibility index (Phi) is 15.2. The molecule has 7 atom stereocenters. The lowest BCUT2D eigenvalue weighted by atomic mass is 9.55. The number of hydrogen-bond acceptors (Lipinski definition) is 10. The average Bonchev–Trinajstić information content (AvgIpc) is 3.28. The Labute approximate surface area is 358 Å². The van der Waals surface area contributed by atoms with E-state index < -0.39 is 30.1 Å². The van der Waals surface area contributed by atoms with Crippen molar-refractivity contribution < 1.29 is 43.5 Å². The van der Waals surface area contributed by atoms with Crippen molar-refractivity contribution in [3.05, 3.63) is 103 Å². The van der Waals surface area contributed by atoms with Gasteiger partial charge in [0.2, 0.25) is 12.1 Å². The third-order valence-electron chi connectivity index (χ3n) is 12.3. The van der Waals surface area contributed by atoms with Gasteiger partial charge in [-0.3, -0.25) is 0 Å². The van der Waals surface area contributed by atoms with E-state index in [4.69, 9.17) is 45.3 Å². The quantitative estimate of drug-likeness (QED) is 0.0525. The molecule has 0 aromatic heterocycles. The third kappa shape index (κ3) is 9.71. The number of benzene rings is 3. The van der Waals surface area contributed by atoms with Crippen molar-refractivity contribution >= 4 is 23.4 Å². The second-order valence-electron chi connectivity index (χ2n) is 16.1. The number of carbonyl (C=O) groups is 1. The molecule has 12 heteroatoms. The van der Waals surface area contributed by atoms with E-state index in [1.807, 2.05) is 42.5 Å². The van der Waals surface area contributed by atoms with E-state index in [1.54, 1.807) is 18.0 Å². The van der Waals surface area contributed by atoms with Crippen molar-refractivity contribution in [1.82, 2.24) is 4.90 Å². The Morgan fingerprint density at radius 2 is 1.73 bits per heavy atom. The van der Waals surface area contributed by atoms with Gasteiger partial charge in [0.1, 0.15) is 29.9 Å². The number of halogens is 1. The van der Waals surface area contributed by atoms with Crippen LogP contribution in [0.5, 0.6) is 17.2 Å². The zero-order valence-electron chi connectivity index (χ0n) is 34.6. The SMILES string of the molecule is C=CCO[C@@]12Oc3ccc(Oc4ccc(-c5ccccc5)cc4)cc3[C@H]3[C@H](CCCCO)[C@@H](CCCCO)C=C(C(=NOC4CCCCO4)C[C@@H]1N(C)C(=O)OCCCl)[C@H]32. The van der Waals surface area contributed by atoms with Gasteiger partial charge in [0.05, 0.1) is 30.7 Å². The maximum absolute atomic E-state index is 13.8. The topological polar surface area (TPSA) is 129 Å². The van der Waals surface area contributed by atoms with Crippen LogP contribution in [0.15, 0.2) is 102 Å². The lowest BCUT2D eigenvalue weighted by Gasteiger charge is -2.59. The zero-order chi connectivity index (χ0) is 41.9. The molecule has 2 aliphatic carbocycles. The highest BCUT2D eigenvalue weighted by Gasteiger charge is 2.65. The van der Waals surface area contributed by atoms with Gasteiger partial charge in [-0.05, 0) is 97.4 Å². The summed E-state index contributed by atoms with van der Waals surface area (Å²) >= 11 is 5.97. The number of carbonyl (C=O) groups excluding carboxylic acids is 1. The molecule has 3 aromatic rings. The summed E-state index contributed by atoms with van der Waals surface area (Å²) in [5.41, 5.74) is 4.82. The number of nitrogens with zero attached hydrogens (tertiary/aromatic N) is 2. The molecule has 1 saturated heterocycles. The molecule has 1 saturated carbocycles. The summed E-state index contributed by atoms with van der Waals surface area (Å²) in [5.74, 6) is 0.239. The second kappa shape index (κ2) is 20.9. The van der Waals surface area contributed by atoms with E-state index in [0.29, 0.717) is 42.4 Å². The minimum absolute atomic E-state index is 0.0438. The van der Waals surface area contributed by atoms with Gasteiger partial charge in [0, 0.05) is 44.6 Å². The maximum atomic E-state index is 13.8. The molecule has 1 amide bonds. The van der Waals surface area contributed by atoms with E-state index in [0.717, 1.165) is 67.2 Å². The largest absolute Gasteiger partial charge is 0.459 e. The highest BCUT2D eigenvalue weighted by Crippen LogP contribution is 2.62. The van der Waals surface area contributed by atoms with Crippen molar-refractivity contribution in [2.75, 3.05) is 46.0 Å². The lowest BCUT2D eigenvalue weighted by Crippen LogP contribution is -2.69. The van der Waals surface area contributed by atoms with Gasteiger partial charge >= 0.3 is 6.09 Å². The van der Waals surface area contributed by atoms with Crippen molar-refractivity contribution in [3.8, 4) is 28.4 Å². The van der Waals surface area contributed by atoms with Gasteiger partial charge in [-0.2, -0.15) is 0 Å². The van der Waals surface area contributed by atoms with Crippen LogP contribution >= 0.6 is 11.6 Å². The predicted molar refractivity (Wildman–Crippen MR) is 231 cm³/mol. The Morgan fingerprint density at radius 3 is 2.45 bits per heavy atom. The number of amides is 1. The van der Waals surface area contributed by atoms with Crippen LogP contribution in [-0.4, -0.2) is 91.0 Å². The first-order valence-corrected chi connectivity index (χ1v) is 22.1. The fraction of sp³-hybridized carbons (Fsp3) is 0.500. The number of likely N-dealkylation sites (N-methyl/N-ethyl adjacent to an activating group) is 1. The monoisotopic (exact) mass is 842 g/mol. The average molecular weight is 843 g/mol. The molecule has 0 spiro atoms. The highest BCUT2D eigenvalue weighted by molar-refractivity contribution is 6.18. The van der Waals surface area contributed by atoms with Gasteiger partial charge in [0.25, 0.3) is 0 Å². The molecule has 60 heavy (non-hydrogen) atoms. The molecule has 4 aliphatic rings. The van der Waals surface area contributed by atoms with Crippen molar-refractivity contribution in [2.24, 2.45) is 22.9 Å². The van der Waals surface area contributed by atoms with Gasteiger partial charge in [-0.25, -0.2) is 4.79 Å². The molecule has 2 fully saturated rings. The normalized spacial score (nSPS) is 26.2. The molecule has 0 radical (unpaired) electrons. The summed E-state index contributed by atoms with van der Waals surface area (Å²) in [4.78, 5) is 21.5. The summed E-state index contributed by atoms with van der Waals surface area (Å²) in [6, 6.07) is 23.5. The number of unbranched alkanes of at least 4 members (excludes halogenated alkanes) is 2. The first-order chi connectivity index (χ1) is 29.4. The van der Waals surface area contributed by atoms with Crippen LogP contribution in [0.3, 0.4) is 0 Å². The number of allylic oxidation sites excluding steroid dienone is 1. The summed E-state index contributed by atoms with van der Waals surface area (Å²) in [6.45, 7) is 5.01. The molecular formula is C48H59ClN2O9. The third-order valence-corrected chi connectivity index (χ3v) is 12.5. The van der Waals surface area contributed by atoms with Crippen LogP contribution in [0.25, 0.3) is 11.1 Å². The van der Waals surface area contributed by atoms with E-state index in [1.165, 1.54) is 0 Å². The van der Waals surface area contributed by atoms with E-state index in [2.05, 4.69) is 43.0 Å². The molecule has 322 valence electrons. The van der Waals surface area contributed by atoms with E-state index >= 15 is 0 Å². The van der Waals surface area contributed by atoms with E-state index in [-0.39, 0.29) is 56.5 Å². The molecule has 2 heterocycles. The van der Waals surface area contributed by atoms with Crippen LogP contribution in [-0.2, 0) is 19.0 Å². The standard InChI is InChI=1S/C48H59ClN2O9/c1-3-27-57-48-43(51(2)47(54)56-29-24-49)32-41(50-60-44-17-9-12-28-55-44)39-30-35(15-7-10-25-52)38(16-8-11-26-53)45(46(39)48)40-31-37(22-23-42(40)59-48)58-36-20-18-34(19-21-36)33-13-5-4-6-14-33/h3-6,13-14,18-23,30-31,35,38,43-46,52-53H,1,7-12,15-17,24-29,32H2,2H3/t35-,38+,43-,44?,45+,46+,48+/m0/s1. The Morgan fingerprint density at radius 1 is 0.983 bits per heavy atom. The van der Waals surface area contributed by atoms with Crippen LogP contribution < -0.4 is 9.47 Å². The first-order valence-electron chi connectivity index (χ1n) is 21.6. The van der Waals surface area contributed by atoms with Crippen LogP contribution in [0.2, 0.25) is 0 Å². The number of aliphatic hydroxyl groups excluding tert-OH is 2. The summed E-state index contributed by atoms with van der Waals surface area (Å²) in [6.07, 6.45) is 10.6. The van der Waals surface area contributed by atoms with Gasteiger partial charge < -0.3 is 43.6 Å². The molecule has 0 bridgehead atoms. The summed E-state index contributed by atoms with van der Waals surface area (Å²) in [5, 5.41) is 24.7. The molecule has 1 unspecified atom stereocenters. The summed E-state index contributed by atoms with van der Waals surface area (Å²) < 4.78 is 32.3. The van der Waals surface area contributed by atoms with Crippen molar-refractivity contribution in [1.29, 1.82) is 0 Å². The zero-order valence-corrected chi connectivity index (χ0v) is 35.3. The maximum Gasteiger partial charge on any atom is 0.410 e. The number of oxime groups is 1. The minimum Gasteiger partial charge on any atom is -0.459 e. The molecule has 11 nitrogen and oxygen atoms in total. The molecule has 7 rings (SSSR count). The number of alkyl halides is 1. The smallest absolute Gasteiger partial charge is 0.410 e. The molecule has 2 aliphatic heterocycles. The predicted octanol–water partition coefficient (Wildman–Crippen LogP) is 9.61. The van der Waals surface area contributed by atoms with Crippen molar-refractivity contribution in [3.63, 3.8) is 0 Å². The number of ether oxygens (including phenoxy) is 5. The van der Waals surface area contributed by atoms with E-state index in [9.17, 15) is 15.0 Å². The fourth-order valence-electron chi connectivity index (χ4n) is 9.55. The second-order valence-corrected chi connectivity index (χ2v) is 16.5. The number of rotatable bonds is 19. The van der Waals surface area contributed by atoms with Crippen LogP contribution in [0, 0.1) is 17.8 Å². The molecular weight excluding hydrogens is 784 g/mol. The van der Waals surface area contributed by atoms with Gasteiger partial charge in [-0.15, -0.1) is 18.2 Å². The fourth-order valence-corrected chi connectivity index (χ4v) is 9.62. The number of aliphatic hydroxyl groups is 2.